The minimum absolute atomic E-state index is 0.183. The number of carbonyl (C=O) groups excluding carboxylic acids is 2. The fourth-order valence-electron chi connectivity index (χ4n) is 2.69. The Kier molecular flexibility index (Phi) is 4.14. The highest BCUT2D eigenvalue weighted by atomic mass is 32.1. The Labute approximate surface area is 154 Å². The maximum absolute atomic E-state index is 12.5. The Balaban J connectivity index is 1.58. The number of ketones is 1. The van der Waals surface area contributed by atoms with Crippen LogP contribution in [0.5, 0.6) is 11.5 Å². The summed E-state index contributed by atoms with van der Waals surface area (Å²) in [7, 11) is 0. The molecule has 4 nitrogen and oxygen atoms in total. The minimum Gasteiger partial charge on any atom is -0.452 e. The zero-order valence-electron chi connectivity index (χ0n) is 13.9. The van der Waals surface area contributed by atoms with Crippen molar-refractivity contribution in [3.8, 4) is 11.5 Å². The van der Waals surface area contributed by atoms with Crippen molar-refractivity contribution < 1.29 is 19.1 Å². The number of rotatable bonds is 3. The topological polar surface area (TPSA) is 52.6 Å². The molecule has 0 fully saturated rings. The van der Waals surface area contributed by atoms with Crippen LogP contribution in [-0.4, -0.2) is 11.8 Å². The van der Waals surface area contributed by atoms with Crippen molar-refractivity contribution in [3.63, 3.8) is 0 Å². The SMILES string of the molecule is Cc1cccc(/C=C2\Oc3cc(OC(=O)c4cccs4)ccc3C2=O)c1. The van der Waals surface area contributed by atoms with E-state index < -0.39 is 5.97 Å². The summed E-state index contributed by atoms with van der Waals surface area (Å²) in [4.78, 5) is 25.1. The number of fused-ring (bicyclic) bond motifs is 1. The quantitative estimate of drug-likeness (QED) is 0.378. The van der Waals surface area contributed by atoms with Gasteiger partial charge < -0.3 is 9.47 Å². The molecule has 4 rings (SSSR count). The first-order valence-corrected chi connectivity index (χ1v) is 8.89. The highest BCUT2D eigenvalue weighted by Gasteiger charge is 2.28. The second-order valence-electron chi connectivity index (χ2n) is 5.88. The lowest BCUT2D eigenvalue weighted by atomic mass is 10.1. The van der Waals surface area contributed by atoms with Gasteiger partial charge >= 0.3 is 5.97 Å². The fourth-order valence-corrected chi connectivity index (χ4v) is 3.29. The van der Waals surface area contributed by atoms with Gasteiger partial charge in [-0.15, -0.1) is 11.3 Å². The van der Waals surface area contributed by atoms with Crippen LogP contribution >= 0.6 is 11.3 Å². The summed E-state index contributed by atoms with van der Waals surface area (Å²) >= 11 is 1.31. The zero-order chi connectivity index (χ0) is 18.1. The highest BCUT2D eigenvalue weighted by Crippen LogP contribution is 2.35. The standard InChI is InChI=1S/C21H14O4S/c1-13-4-2-5-14(10-13)11-18-20(22)16-8-7-15(12-17(16)25-18)24-21(23)19-6-3-9-26-19/h2-12H,1H3/b18-11-. The van der Waals surface area contributed by atoms with Crippen molar-refractivity contribution in [3.05, 3.63) is 87.3 Å². The molecule has 1 aliphatic rings. The van der Waals surface area contributed by atoms with Crippen LogP contribution in [0, 0.1) is 6.92 Å². The summed E-state index contributed by atoms with van der Waals surface area (Å²) < 4.78 is 11.0. The van der Waals surface area contributed by atoms with E-state index in [-0.39, 0.29) is 11.5 Å². The van der Waals surface area contributed by atoms with E-state index in [9.17, 15) is 9.59 Å². The predicted octanol–water partition coefficient (Wildman–Crippen LogP) is 4.89. The molecule has 0 bridgehead atoms. The Hall–Kier alpha value is -3.18. The lowest BCUT2D eigenvalue weighted by Crippen LogP contribution is -2.06. The Bertz CT molecular complexity index is 1030. The molecule has 1 aromatic heterocycles. The number of hydrogen-bond donors (Lipinski definition) is 0. The Morgan fingerprint density at radius 2 is 2.00 bits per heavy atom. The maximum Gasteiger partial charge on any atom is 0.353 e. The van der Waals surface area contributed by atoms with Gasteiger partial charge in [0.05, 0.1) is 5.56 Å². The summed E-state index contributed by atoms with van der Waals surface area (Å²) in [6.45, 7) is 1.99. The molecule has 0 atom stereocenters. The molecular formula is C21H14O4S. The fraction of sp³-hybridized carbons (Fsp3) is 0.0476. The highest BCUT2D eigenvalue weighted by molar-refractivity contribution is 7.12. The van der Waals surface area contributed by atoms with Gasteiger partial charge in [-0.25, -0.2) is 4.79 Å². The van der Waals surface area contributed by atoms with Crippen LogP contribution in [0.3, 0.4) is 0 Å². The van der Waals surface area contributed by atoms with Gasteiger partial charge in [-0.2, -0.15) is 0 Å². The van der Waals surface area contributed by atoms with Crippen LogP contribution in [0.2, 0.25) is 0 Å². The average Bonchev–Trinajstić information content (AvgIpc) is 3.24. The molecule has 0 N–H and O–H groups in total. The van der Waals surface area contributed by atoms with E-state index in [1.54, 1.807) is 36.4 Å². The molecule has 2 heterocycles. The van der Waals surface area contributed by atoms with Gasteiger partial charge in [-0.05, 0) is 42.1 Å². The maximum atomic E-state index is 12.5. The van der Waals surface area contributed by atoms with Crippen LogP contribution < -0.4 is 9.47 Å². The third-order valence-corrected chi connectivity index (χ3v) is 4.76. The summed E-state index contributed by atoms with van der Waals surface area (Å²) in [6.07, 6.45) is 1.71. The molecule has 1 aliphatic heterocycles. The van der Waals surface area contributed by atoms with E-state index in [0.29, 0.717) is 21.9 Å². The first-order chi connectivity index (χ1) is 12.6. The molecular weight excluding hydrogens is 348 g/mol. The normalized spacial score (nSPS) is 14.2. The molecule has 0 saturated heterocycles. The molecule has 128 valence electrons. The van der Waals surface area contributed by atoms with E-state index in [1.165, 1.54) is 11.3 Å². The molecule has 0 amide bonds. The molecule has 0 spiro atoms. The number of benzene rings is 2. The van der Waals surface area contributed by atoms with Gasteiger partial charge in [-0.3, -0.25) is 4.79 Å². The predicted molar refractivity (Wildman–Crippen MR) is 99.8 cm³/mol. The summed E-state index contributed by atoms with van der Waals surface area (Å²) in [6, 6.07) is 16.1. The smallest absolute Gasteiger partial charge is 0.353 e. The average molecular weight is 362 g/mol. The second kappa shape index (κ2) is 6.61. The third-order valence-electron chi connectivity index (χ3n) is 3.91. The van der Waals surface area contributed by atoms with E-state index in [1.807, 2.05) is 36.6 Å². The minimum atomic E-state index is -0.431. The van der Waals surface area contributed by atoms with Gasteiger partial charge in [0.1, 0.15) is 16.4 Å². The molecule has 0 saturated carbocycles. The molecule has 2 aromatic carbocycles. The second-order valence-corrected chi connectivity index (χ2v) is 6.83. The third kappa shape index (κ3) is 3.17. The van der Waals surface area contributed by atoms with Gasteiger partial charge in [0.25, 0.3) is 0 Å². The van der Waals surface area contributed by atoms with Crippen molar-refractivity contribution in [2.24, 2.45) is 0 Å². The van der Waals surface area contributed by atoms with Crippen molar-refractivity contribution in [1.29, 1.82) is 0 Å². The van der Waals surface area contributed by atoms with Crippen LogP contribution in [-0.2, 0) is 0 Å². The Morgan fingerprint density at radius 3 is 2.77 bits per heavy atom. The van der Waals surface area contributed by atoms with Crippen LogP contribution in [0.1, 0.15) is 31.2 Å². The van der Waals surface area contributed by atoms with E-state index in [2.05, 4.69) is 0 Å². The van der Waals surface area contributed by atoms with Crippen LogP contribution in [0.4, 0.5) is 0 Å². The first-order valence-electron chi connectivity index (χ1n) is 8.01. The van der Waals surface area contributed by atoms with E-state index >= 15 is 0 Å². The van der Waals surface area contributed by atoms with E-state index in [0.717, 1.165) is 11.1 Å². The zero-order valence-corrected chi connectivity index (χ0v) is 14.7. The molecule has 26 heavy (non-hydrogen) atoms. The number of ether oxygens (including phenoxy) is 2. The van der Waals surface area contributed by atoms with Crippen LogP contribution in [0.15, 0.2) is 65.7 Å². The molecule has 0 unspecified atom stereocenters. The van der Waals surface area contributed by atoms with Crippen molar-refractivity contribution in [2.75, 3.05) is 0 Å². The first kappa shape index (κ1) is 16.3. The lowest BCUT2D eigenvalue weighted by Gasteiger charge is -2.04. The Morgan fingerprint density at radius 1 is 1.12 bits per heavy atom. The lowest BCUT2D eigenvalue weighted by molar-refractivity contribution is 0.0739. The number of carbonyl (C=O) groups is 2. The number of Topliss-reactive ketones (excluding diaryl/α,β-unsaturated/α-hetero) is 1. The molecule has 0 radical (unpaired) electrons. The monoisotopic (exact) mass is 362 g/mol. The van der Waals surface area contributed by atoms with Crippen molar-refractivity contribution in [2.45, 2.75) is 6.92 Å². The summed E-state index contributed by atoms with van der Waals surface area (Å²) in [5.41, 5.74) is 2.45. The van der Waals surface area contributed by atoms with Crippen LogP contribution in [0.25, 0.3) is 6.08 Å². The largest absolute Gasteiger partial charge is 0.452 e. The molecule has 3 aromatic rings. The summed E-state index contributed by atoms with van der Waals surface area (Å²) in [5.74, 6) is 0.377. The number of allylic oxidation sites excluding steroid dienone is 1. The van der Waals surface area contributed by atoms with Gasteiger partial charge in [-0.1, -0.05) is 35.9 Å². The number of hydrogen-bond acceptors (Lipinski definition) is 5. The van der Waals surface area contributed by atoms with Gasteiger partial charge in [0.15, 0.2) is 5.76 Å². The van der Waals surface area contributed by atoms with Crippen molar-refractivity contribution in [1.82, 2.24) is 0 Å². The molecule has 5 heteroatoms. The number of thiophene rings is 1. The van der Waals surface area contributed by atoms with Crippen molar-refractivity contribution >= 4 is 29.2 Å². The van der Waals surface area contributed by atoms with Gasteiger partial charge in [0.2, 0.25) is 5.78 Å². The number of esters is 1. The number of aryl methyl sites for hydroxylation is 1. The van der Waals surface area contributed by atoms with Gasteiger partial charge in [0, 0.05) is 6.07 Å². The molecule has 0 aliphatic carbocycles. The summed E-state index contributed by atoms with van der Waals surface area (Å²) in [5, 5.41) is 1.81. The van der Waals surface area contributed by atoms with E-state index in [4.69, 9.17) is 9.47 Å².